The predicted octanol–water partition coefficient (Wildman–Crippen LogP) is 2.22. The van der Waals surface area contributed by atoms with Crippen LogP contribution in [0.4, 0.5) is 4.39 Å². The number of rotatable bonds is 6. The Morgan fingerprint density at radius 3 is 2.48 bits per heavy atom. The maximum absolute atomic E-state index is 14.0. The van der Waals surface area contributed by atoms with Crippen LogP contribution < -0.4 is 14.2 Å². The monoisotopic (exact) mass is 342 g/mol. The van der Waals surface area contributed by atoms with Crippen molar-refractivity contribution < 1.29 is 27.0 Å². The topological polar surface area (TPSA) is 87.6 Å². The summed E-state index contributed by atoms with van der Waals surface area (Å²) in [5.41, 5.74) is 0. The van der Waals surface area contributed by atoms with Gasteiger partial charge in [0.25, 0.3) is 11.8 Å². The third-order valence-corrected chi connectivity index (χ3v) is 3.87. The predicted molar refractivity (Wildman–Crippen MR) is 79.3 cm³/mol. The molecule has 0 fully saturated rings. The molecule has 0 spiro atoms. The van der Waals surface area contributed by atoms with Gasteiger partial charge in [0.15, 0.2) is 21.4 Å². The molecule has 1 aromatic heterocycles. The zero-order chi connectivity index (χ0) is 17.0. The lowest BCUT2D eigenvalue weighted by molar-refractivity contribution is 0.285. The van der Waals surface area contributed by atoms with Crippen molar-refractivity contribution in [2.75, 3.05) is 20.0 Å². The minimum absolute atomic E-state index is 0.0445. The van der Waals surface area contributed by atoms with Gasteiger partial charge in [0.05, 0.1) is 18.6 Å². The van der Waals surface area contributed by atoms with Crippen LogP contribution in [0, 0.1) is 5.82 Å². The molecule has 0 aliphatic heterocycles. The largest absolute Gasteiger partial charge is 0.487 e. The standard InChI is InChI=1S/C14H15FN2O5S/c1-4-21-13-12(20-2)14(17-8-16-13)22-11-6-5-9(7-10(11)15)23(3,18)19/h5-8H,4H2,1-3H3. The fourth-order valence-electron chi connectivity index (χ4n) is 1.73. The highest BCUT2D eigenvalue weighted by molar-refractivity contribution is 7.90. The minimum atomic E-state index is -3.51. The van der Waals surface area contributed by atoms with E-state index in [2.05, 4.69) is 9.97 Å². The maximum atomic E-state index is 14.0. The maximum Gasteiger partial charge on any atom is 0.270 e. The van der Waals surface area contributed by atoms with Crippen LogP contribution in [-0.2, 0) is 9.84 Å². The SMILES string of the molecule is CCOc1ncnc(Oc2ccc(S(C)(=O)=O)cc2F)c1OC. The smallest absolute Gasteiger partial charge is 0.270 e. The molecule has 0 aliphatic carbocycles. The summed E-state index contributed by atoms with van der Waals surface area (Å²) < 4.78 is 52.6. The average molecular weight is 342 g/mol. The molecule has 0 atom stereocenters. The molecule has 0 saturated heterocycles. The lowest BCUT2D eigenvalue weighted by atomic mass is 10.3. The highest BCUT2D eigenvalue weighted by atomic mass is 32.2. The van der Waals surface area contributed by atoms with Crippen LogP contribution >= 0.6 is 0 Å². The lowest BCUT2D eigenvalue weighted by Crippen LogP contribution is -2.02. The molecule has 9 heteroatoms. The van der Waals surface area contributed by atoms with E-state index in [-0.39, 0.29) is 28.2 Å². The van der Waals surface area contributed by atoms with Gasteiger partial charge < -0.3 is 14.2 Å². The van der Waals surface area contributed by atoms with E-state index in [1.54, 1.807) is 6.92 Å². The molecule has 0 amide bonds. The lowest BCUT2D eigenvalue weighted by Gasteiger charge is -2.12. The van der Waals surface area contributed by atoms with Crippen LogP contribution in [0.2, 0.25) is 0 Å². The fraction of sp³-hybridized carbons (Fsp3) is 0.286. The van der Waals surface area contributed by atoms with E-state index in [0.717, 1.165) is 12.3 Å². The van der Waals surface area contributed by atoms with E-state index in [1.165, 1.54) is 25.6 Å². The molecule has 0 saturated carbocycles. The summed E-state index contributed by atoms with van der Waals surface area (Å²) in [6, 6.07) is 3.32. The average Bonchev–Trinajstić information content (AvgIpc) is 2.49. The molecule has 23 heavy (non-hydrogen) atoms. The molecule has 0 bridgehead atoms. The van der Waals surface area contributed by atoms with Crippen molar-refractivity contribution in [1.82, 2.24) is 9.97 Å². The normalized spacial score (nSPS) is 11.1. The van der Waals surface area contributed by atoms with E-state index >= 15 is 0 Å². The fourth-order valence-corrected chi connectivity index (χ4v) is 2.36. The zero-order valence-corrected chi connectivity index (χ0v) is 13.6. The number of aromatic nitrogens is 2. The second kappa shape index (κ2) is 6.78. The van der Waals surface area contributed by atoms with Crippen molar-refractivity contribution >= 4 is 9.84 Å². The van der Waals surface area contributed by atoms with Crippen molar-refractivity contribution in [3.63, 3.8) is 0 Å². The summed E-state index contributed by atoms with van der Waals surface area (Å²) in [5.74, 6) is -0.811. The zero-order valence-electron chi connectivity index (χ0n) is 12.7. The highest BCUT2D eigenvalue weighted by Crippen LogP contribution is 2.36. The number of methoxy groups -OCH3 is 1. The number of halogens is 1. The number of benzene rings is 1. The Morgan fingerprint density at radius 1 is 1.22 bits per heavy atom. The Morgan fingerprint density at radius 2 is 1.91 bits per heavy atom. The van der Waals surface area contributed by atoms with Gasteiger partial charge in [0.1, 0.15) is 6.33 Å². The van der Waals surface area contributed by atoms with Gasteiger partial charge in [-0.1, -0.05) is 0 Å². The van der Waals surface area contributed by atoms with Gasteiger partial charge in [-0.2, -0.15) is 9.97 Å². The summed E-state index contributed by atoms with van der Waals surface area (Å²) >= 11 is 0. The number of ether oxygens (including phenoxy) is 3. The van der Waals surface area contributed by atoms with Gasteiger partial charge >= 0.3 is 0 Å². The first-order valence-corrected chi connectivity index (χ1v) is 8.45. The minimum Gasteiger partial charge on any atom is -0.487 e. The summed E-state index contributed by atoms with van der Waals surface area (Å²) in [4.78, 5) is 7.63. The Hall–Kier alpha value is -2.42. The van der Waals surface area contributed by atoms with Gasteiger partial charge in [-0.25, -0.2) is 12.8 Å². The van der Waals surface area contributed by atoms with Gasteiger partial charge in [-0.3, -0.25) is 0 Å². The Bertz CT molecular complexity index is 811. The van der Waals surface area contributed by atoms with E-state index < -0.39 is 15.7 Å². The van der Waals surface area contributed by atoms with E-state index in [9.17, 15) is 12.8 Å². The van der Waals surface area contributed by atoms with E-state index in [0.29, 0.717) is 6.61 Å². The van der Waals surface area contributed by atoms with Gasteiger partial charge in [-0.05, 0) is 25.1 Å². The second-order valence-electron chi connectivity index (χ2n) is 4.42. The number of nitrogens with zero attached hydrogens (tertiary/aromatic N) is 2. The molecule has 0 unspecified atom stereocenters. The van der Waals surface area contributed by atoms with E-state index in [4.69, 9.17) is 14.2 Å². The van der Waals surface area contributed by atoms with Crippen LogP contribution in [0.3, 0.4) is 0 Å². The number of sulfone groups is 1. The molecule has 0 aliphatic rings. The molecule has 2 rings (SSSR count). The van der Waals surface area contributed by atoms with Crippen LogP contribution in [0.25, 0.3) is 0 Å². The molecule has 2 aromatic rings. The third kappa shape index (κ3) is 3.86. The molecule has 1 aromatic carbocycles. The summed E-state index contributed by atoms with van der Waals surface area (Å²) in [6.45, 7) is 2.12. The quantitative estimate of drug-likeness (QED) is 0.795. The summed E-state index contributed by atoms with van der Waals surface area (Å²) in [5, 5.41) is 0. The van der Waals surface area contributed by atoms with Crippen molar-refractivity contribution in [1.29, 1.82) is 0 Å². The van der Waals surface area contributed by atoms with E-state index in [1.807, 2.05) is 0 Å². The number of hydrogen-bond donors (Lipinski definition) is 0. The Labute approximate surface area is 133 Å². The third-order valence-electron chi connectivity index (χ3n) is 2.76. The van der Waals surface area contributed by atoms with Crippen molar-refractivity contribution in [3.05, 3.63) is 30.3 Å². The molecule has 1 heterocycles. The molecular weight excluding hydrogens is 327 g/mol. The first-order valence-electron chi connectivity index (χ1n) is 6.56. The second-order valence-corrected chi connectivity index (χ2v) is 6.43. The molecule has 7 nitrogen and oxygen atoms in total. The highest BCUT2D eigenvalue weighted by Gasteiger charge is 2.18. The molecule has 124 valence electrons. The molecular formula is C14H15FN2O5S. The first kappa shape index (κ1) is 16.9. The summed E-state index contributed by atoms with van der Waals surface area (Å²) in [7, 11) is -2.14. The van der Waals surface area contributed by atoms with Crippen LogP contribution in [0.1, 0.15) is 6.92 Å². The van der Waals surface area contributed by atoms with Crippen molar-refractivity contribution in [3.8, 4) is 23.3 Å². The Balaban J connectivity index is 2.38. The van der Waals surface area contributed by atoms with Crippen molar-refractivity contribution in [2.24, 2.45) is 0 Å². The molecule has 0 radical (unpaired) electrons. The van der Waals surface area contributed by atoms with Gasteiger partial charge in [0.2, 0.25) is 5.75 Å². The van der Waals surface area contributed by atoms with Crippen LogP contribution in [0.5, 0.6) is 23.3 Å². The molecule has 0 N–H and O–H groups in total. The number of hydrogen-bond acceptors (Lipinski definition) is 7. The van der Waals surface area contributed by atoms with Gasteiger partial charge in [0, 0.05) is 6.26 Å². The van der Waals surface area contributed by atoms with Crippen LogP contribution in [-0.4, -0.2) is 38.4 Å². The first-order chi connectivity index (χ1) is 10.9. The Kier molecular flexibility index (Phi) is 4.99. The van der Waals surface area contributed by atoms with Crippen molar-refractivity contribution in [2.45, 2.75) is 11.8 Å². The summed E-state index contributed by atoms with van der Waals surface area (Å²) in [6.07, 6.45) is 2.18. The van der Waals surface area contributed by atoms with Crippen LogP contribution in [0.15, 0.2) is 29.4 Å². The van der Waals surface area contributed by atoms with Gasteiger partial charge in [-0.15, -0.1) is 0 Å².